The zero-order chi connectivity index (χ0) is 15.2. The molecule has 0 aliphatic heterocycles. The van der Waals surface area contributed by atoms with Crippen LogP contribution in [0, 0.1) is 0 Å². The third-order valence-electron chi connectivity index (χ3n) is 3.23. The van der Waals surface area contributed by atoms with E-state index in [0.717, 1.165) is 40.0 Å². The van der Waals surface area contributed by atoms with Crippen LogP contribution in [0.1, 0.15) is 30.7 Å². The van der Waals surface area contributed by atoms with Crippen molar-refractivity contribution in [2.45, 2.75) is 25.8 Å². The molecule has 114 valence electrons. The van der Waals surface area contributed by atoms with Gasteiger partial charge < -0.3 is 14.5 Å². The third-order valence-corrected chi connectivity index (χ3v) is 4.28. The highest BCUT2D eigenvalue weighted by Gasteiger charge is 2.16. The molecule has 1 N–H and O–H groups in total. The largest absolute Gasteiger partial charge is 0.496 e. The van der Waals surface area contributed by atoms with E-state index in [0.29, 0.717) is 0 Å². The minimum absolute atomic E-state index is 0.163. The minimum Gasteiger partial charge on any atom is -0.496 e. The van der Waals surface area contributed by atoms with Crippen LogP contribution in [0.2, 0.25) is 0 Å². The van der Waals surface area contributed by atoms with Crippen LogP contribution in [0.25, 0.3) is 0 Å². The van der Waals surface area contributed by atoms with Crippen molar-refractivity contribution in [3.63, 3.8) is 0 Å². The fourth-order valence-corrected chi connectivity index (χ4v) is 3.09. The van der Waals surface area contributed by atoms with Crippen LogP contribution in [-0.2, 0) is 6.42 Å². The molecule has 1 aromatic carbocycles. The first-order chi connectivity index (χ1) is 10.1. The monoisotopic (exact) mass is 415 g/mol. The molecule has 21 heavy (non-hydrogen) atoms. The van der Waals surface area contributed by atoms with Crippen molar-refractivity contribution >= 4 is 31.9 Å². The Morgan fingerprint density at radius 2 is 2.05 bits per heavy atom. The van der Waals surface area contributed by atoms with Gasteiger partial charge in [0.25, 0.3) is 0 Å². The molecule has 0 amide bonds. The Morgan fingerprint density at radius 3 is 2.62 bits per heavy atom. The van der Waals surface area contributed by atoms with E-state index in [1.807, 2.05) is 18.2 Å². The van der Waals surface area contributed by atoms with Crippen molar-refractivity contribution in [3.05, 3.63) is 50.8 Å². The lowest BCUT2D eigenvalue weighted by atomic mass is 10.0. The fourth-order valence-electron chi connectivity index (χ4n) is 2.18. The third kappa shape index (κ3) is 4.59. The van der Waals surface area contributed by atoms with Gasteiger partial charge >= 0.3 is 0 Å². The van der Waals surface area contributed by atoms with Crippen LogP contribution in [0.3, 0.4) is 0 Å². The standard InChI is InChI=1S/C16H19Br2NO2/c1-3-8-19-13(15-6-7-16(18)21-15)10-11-4-5-14(20-2)12(17)9-11/h4-7,9,13,19H,3,8,10H2,1-2H3. The van der Waals surface area contributed by atoms with E-state index in [4.69, 9.17) is 9.15 Å². The Balaban J connectivity index is 2.16. The maximum atomic E-state index is 5.71. The molecule has 5 heteroatoms. The molecule has 1 atom stereocenters. The average Bonchev–Trinajstić information content (AvgIpc) is 2.90. The molecular weight excluding hydrogens is 398 g/mol. The van der Waals surface area contributed by atoms with Gasteiger partial charge in [-0.3, -0.25) is 0 Å². The number of nitrogens with one attached hydrogen (secondary N) is 1. The summed E-state index contributed by atoms with van der Waals surface area (Å²) < 4.78 is 12.7. The molecule has 0 saturated carbocycles. The number of hydrogen-bond donors (Lipinski definition) is 1. The van der Waals surface area contributed by atoms with Gasteiger partial charge in [0.2, 0.25) is 0 Å². The van der Waals surface area contributed by atoms with E-state index in [9.17, 15) is 0 Å². The summed E-state index contributed by atoms with van der Waals surface area (Å²) in [4.78, 5) is 0. The van der Waals surface area contributed by atoms with Crippen LogP contribution in [0.4, 0.5) is 0 Å². The smallest absolute Gasteiger partial charge is 0.169 e. The minimum atomic E-state index is 0.163. The van der Waals surface area contributed by atoms with E-state index in [-0.39, 0.29) is 6.04 Å². The maximum absolute atomic E-state index is 5.71. The molecule has 1 aromatic heterocycles. The van der Waals surface area contributed by atoms with Crippen LogP contribution >= 0.6 is 31.9 Å². The van der Waals surface area contributed by atoms with E-state index >= 15 is 0 Å². The number of hydrogen-bond acceptors (Lipinski definition) is 3. The summed E-state index contributed by atoms with van der Waals surface area (Å²) in [6, 6.07) is 10.3. The van der Waals surface area contributed by atoms with Gasteiger partial charge in [-0.05, 0) is 81.1 Å². The number of methoxy groups -OCH3 is 1. The van der Waals surface area contributed by atoms with Gasteiger partial charge in [0.15, 0.2) is 4.67 Å². The topological polar surface area (TPSA) is 34.4 Å². The van der Waals surface area contributed by atoms with E-state index in [2.05, 4.69) is 56.2 Å². The summed E-state index contributed by atoms with van der Waals surface area (Å²) in [5, 5.41) is 3.53. The molecular formula is C16H19Br2NO2. The Morgan fingerprint density at radius 1 is 1.24 bits per heavy atom. The van der Waals surface area contributed by atoms with Crippen molar-refractivity contribution < 1.29 is 9.15 Å². The molecule has 1 unspecified atom stereocenters. The Labute approximate surface area is 142 Å². The lowest BCUT2D eigenvalue weighted by Gasteiger charge is -2.17. The summed E-state index contributed by atoms with van der Waals surface area (Å²) in [7, 11) is 1.67. The summed E-state index contributed by atoms with van der Waals surface area (Å²) in [6.07, 6.45) is 1.95. The average molecular weight is 417 g/mol. The second kappa shape index (κ2) is 8.01. The van der Waals surface area contributed by atoms with Crippen LogP contribution < -0.4 is 10.1 Å². The molecule has 0 radical (unpaired) electrons. The molecule has 0 saturated heterocycles. The molecule has 3 nitrogen and oxygen atoms in total. The second-order valence-corrected chi connectivity index (χ2v) is 6.46. The summed E-state index contributed by atoms with van der Waals surface area (Å²) in [6.45, 7) is 3.12. The van der Waals surface area contributed by atoms with Gasteiger partial charge in [-0.2, -0.15) is 0 Å². The van der Waals surface area contributed by atoms with E-state index in [1.165, 1.54) is 5.56 Å². The number of ether oxygens (including phenoxy) is 1. The van der Waals surface area contributed by atoms with Gasteiger partial charge in [-0.1, -0.05) is 13.0 Å². The van der Waals surface area contributed by atoms with Crippen LogP contribution in [0.15, 0.2) is 43.9 Å². The number of rotatable bonds is 7. The first kappa shape index (κ1) is 16.6. The zero-order valence-electron chi connectivity index (χ0n) is 12.2. The lowest BCUT2D eigenvalue weighted by Crippen LogP contribution is -2.23. The van der Waals surface area contributed by atoms with Gasteiger partial charge in [0.1, 0.15) is 11.5 Å². The van der Waals surface area contributed by atoms with Crippen molar-refractivity contribution in [1.82, 2.24) is 5.32 Å². The maximum Gasteiger partial charge on any atom is 0.169 e. The van der Waals surface area contributed by atoms with Gasteiger partial charge in [-0.15, -0.1) is 0 Å². The van der Waals surface area contributed by atoms with Crippen molar-refractivity contribution in [2.75, 3.05) is 13.7 Å². The lowest BCUT2D eigenvalue weighted by molar-refractivity contribution is 0.399. The second-order valence-electron chi connectivity index (χ2n) is 4.82. The van der Waals surface area contributed by atoms with Crippen LogP contribution in [0.5, 0.6) is 5.75 Å². The molecule has 0 spiro atoms. The summed E-state index contributed by atoms with van der Waals surface area (Å²) in [5.41, 5.74) is 1.23. The highest BCUT2D eigenvalue weighted by molar-refractivity contribution is 9.10. The first-order valence-electron chi connectivity index (χ1n) is 6.95. The van der Waals surface area contributed by atoms with Gasteiger partial charge in [-0.25, -0.2) is 0 Å². The molecule has 2 aromatic rings. The van der Waals surface area contributed by atoms with Crippen molar-refractivity contribution in [1.29, 1.82) is 0 Å². The number of furan rings is 1. The summed E-state index contributed by atoms with van der Waals surface area (Å²) in [5.74, 6) is 1.79. The molecule has 2 rings (SSSR count). The Bertz CT molecular complexity index is 583. The first-order valence-corrected chi connectivity index (χ1v) is 8.53. The molecule has 0 aliphatic carbocycles. The number of halogens is 2. The predicted octanol–water partition coefficient (Wildman–Crippen LogP) is 5.10. The van der Waals surface area contributed by atoms with Gasteiger partial charge in [0, 0.05) is 0 Å². The SMILES string of the molecule is CCCNC(Cc1ccc(OC)c(Br)c1)c1ccc(Br)o1. The zero-order valence-corrected chi connectivity index (χ0v) is 15.3. The van der Waals surface area contributed by atoms with E-state index < -0.39 is 0 Å². The predicted molar refractivity (Wildman–Crippen MR) is 91.8 cm³/mol. The Kier molecular flexibility index (Phi) is 6.33. The summed E-state index contributed by atoms with van der Waals surface area (Å²) >= 11 is 6.90. The fraction of sp³-hybridized carbons (Fsp3) is 0.375. The van der Waals surface area contributed by atoms with Crippen molar-refractivity contribution in [3.8, 4) is 5.75 Å². The highest BCUT2D eigenvalue weighted by Crippen LogP contribution is 2.29. The molecule has 0 aliphatic rings. The molecule has 0 fully saturated rings. The number of benzene rings is 1. The molecule has 0 bridgehead atoms. The van der Waals surface area contributed by atoms with Crippen molar-refractivity contribution in [2.24, 2.45) is 0 Å². The Hall–Kier alpha value is -0.780. The molecule has 1 heterocycles. The van der Waals surface area contributed by atoms with Gasteiger partial charge in [0.05, 0.1) is 17.6 Å². The quantitative estimate of drug-likeness (QED) is 0.681. The normalized spacial score (nSPS) is 12.4. The van der Waals surface area contributed by atoms with E-state index in [1.54, 1.807) is 7.11 Å². The highest BCUT2D eigenvalue weighted by atomic mass is 79.9. The van der Waals surface area contributed by atoms with Crippen LogP contribution in [-0.4, -0.2) is 13.7 Å².